The van der Waals surface area contributed by atoms with Gasteiger partial charge in [0.1, 0.15) is 10.8 Å². The lowest BCUT2D eigenvalue weighted by Crippen LogP contribution is -2.13. The Labute approximate surface area is 127 Å². The number of carbonyl (C=O) groups excluding carboxylic acids is 1. The largest absolute Gasteiger partial charge is 0.299 e. The highest BCUT2D eigenvalue weighted by atomic mass is 32.1. The third kappa shape index (κ3) is 2.83. The number of aromatic nitrogens is 2. The Hall–Kier alpha value is -1.07. The van der Waals surface area contributed by atoms with Gasteiger partial charge in [0, 0.05) is 11.3 Å². The standard InChI is InChI=1S/C15H18N2OS2/c1-9-15(20-10(2)16-9)12-8-19-14(17-12)7-13(18)11-5-3-4-6-11/h8,11H,3-7H2,1-2H3. The summed E-state index contributed by atoms with van der Waals surface area (Å²) in [6.45, 7) is 4.03. The van der Waals surface area contributed by atoms with Crippen LogP contribution in [0.1, 0.15) is 41.4 Å². The maximum Gasteiger partial charge on any atom is 0.142 e. The average Bonchev–Trinajstić information content (AvgIpc) is 3.10. The van der Waals surface area contributed by atoms with Crippen LogP contribution in [0.5, 0.6) is 0 Å². The van der Waals surface area contributed by atoms with E-state index in [-0.39, 0.29) is 5.92 Å². The highest BCUT2D eigenvalue weighted by molar-refractivity contribution is 7.16. The van der Waals surface area contributed by atoms with Crippen molar-refractivity contribution in [1.29, 1.82) is 0 Å². The van der Waals surface area contributed by atoms with Crippen molar-refractivity contribution in [3.05, 3.63) is 21.1 Å². The molecule has 0 aliphatic heterocycles. The summed E-state index contributed by atoms with van der Waals surface area (Å²) in [5, 5.41) is 4.06. The van der Waals surface area contributed by atoms with Gasteiger partial charge in [-0.15, -0.1) is 22.7 Å². The lowest BCUT2D eigenvalue weighted by Gasteiger charge is -2.05. The molecule has 3 nitrogen and oxygen atoms in total. The summed E-state index contributed by atoms with van der Waals surface area (Å²) in [6.07, 6.45) is 5.07. The van der Waals surface area contributed by atoms with Crippen molar-refractivity contribution in [3.63, 3.8) is 0 Å². The molecule has 0 aromatic carbocycles. The molecule has 2 aromatic rings. The summed E-state index contributed by atoms with van der Waals surface area (Å²) in [7, 11) is 0. The summed E-state index contributed by atoms with van der Waals surface area (Å²) in [5.74, 6) is 0.662. The van der Waals surface area contributed by atoms with Gasteiger partial charge in [-0.25, -0.2) is 9.97 Å². The van der Waals surface area contributed by atoms with Crippen molar-refractivity contribution in [2.75, 3.05) is 0 Å². The molecule has 0 radical (unpaired) electrons. The maximum absolute atomic E-state index is 12.2. The van der Waals surface area contributed by atoms with E-state index < -0.39 is 0 Å². The number of hydrogen-bond donors (Lipinski definition) is 0. The average molecular weight is 306 g/mol. The molecule has 106 valence electrons. The number of hydrogen-bond acceptors (Lipinski definition) is 5. The Kier molecular flexibility index (Phi) is 3.98. The zero-order valence-corrected chi connectivity index (χ0v) is 13.4. The predicted molar refractivity (Wildman–Crippen MR) is 83.4 cm³/mol. The molecular formula is C15H18N2OS2. The summed E-state index contributed by atoms with van der Waals surface area (Å²) < 4.78 is 0. The number of ketones is 1. The van der Waals surface area contributed by atoms with Crippen LogP contribution in [0, 0.1) is 19.8 Å². The van der Waals surface area contributed by atoms with Gasteiger partial charge in [0.25, 0.3) is 0 Å². The minimum absolute atomic E-state index is 0.287. The fourth-order valence-corrected chi connectivity index (χ4v) is 4.56. The van der Waals surface area contributed by atoms with E-state index in [0.717, 1.165) is 39.1 Å². The molecule has 1 fully saturated rings. The van der Waals surface area contributed by atoms with Gasteiger partial charge in [0.15, 0.2) is 0 Å². The Morgan fingerprint density at radius 1 is 1.30 bits per heavy atom. The summed E-state index contributed by atoms with van der Waals surface area (Å²) >= 11 is 3.27. The topological polar surface area (TPSA) is 42.9 Å². The third-order valence-electron chi connectivity index (χ3n) is 3.82. The van der Waals surface area contributed by atoms with E-state index in [1.165, 1.54) is 12.8 Å². The van der Waals surface area contributed by atoms with Crippen LogP contribution in [0.25, 0.3) is 10.6 Å². The lowest BCUT2D eigenvalue weighted by atomic mass is 10.0. The van der Waals surface area contributed by atoms with Crippen LogP contribution in [0.2, 0.25) is 0 Å². The Morgan fingerprint density at radius 2 is 2.05 bits per heavy atom. The van der Waals surface area contributed by atoms with Crippen LogP contribution in [0.3, 0.4) is 0 Å². The van der Waals surface area contributed by atoms with E-state index in [9.17, 15) is 4.79 Å². The SMILES string of the molecule is Cc1nc(C)c(-c2csc(CC(=O)C3CCCC3)n2)s1. The minimum Gasteiger partial charge on any atom is -0.299 e. The molecule has 1 aliphatic carbocycles. The highest BCUT2D eigenvalue weighted by Gasteiger charge is 2.23. The van der Waals surface area contributed by atoms with Crippen molar-refractivity contribution < 1.29 is 4.79 Å². The van der Waals surface area contributed by atoms with Gasteiger partial charge < -0.3 is 0 Å². The van der Waals surface area contributed by atoms with E-state index in [0.29, 0.717) is 12.2 Å². The monoisotopic (exact) mass is 306 g/mol. The first-order valence-electron chi connectivity index (χ1n) is 7.05. The quantitative estimate of drug-likeness (QED) is 0.851. The lowest BCUT2D eigenvalue weighted by molar-refractivity contribution is -0.122. The molecule has 0 amide bonds. The molecule has 0 N–H and O–H groups in total. The predicted octanol–water partition coefficient (Wildman–Crippen LogP) is 4.19. The normalized spacial score (nSPS) is 15.9. The molecule has 0 unspecified atom stereocenters. The summed E-state index contributed by atoms with van der Waals surface area (Å²) in [6, 6.07) is 0. The van der Waals surface area contributed by atoms with Crippen molar-refractivity contribution in [1.82, 2.24) is 9.97 Å². The van der Waals surface area contributed by atoms with Crippen molar-refractivity contribution in [2.45, 2.75) is 46.0 Å². The molecule has 3 rings (SSSR count). The van der Waals surface area contributed by atoms with Crippen LogP contribution in [0.4, 0.5) is 0 Å². The number of Topliss-reactive ketones (excluding diaryl/α,β-unsaturated/α-hetero) is 1. The molecule has 2 aromatic heterocycles. The second-order valence-corrected chi connectivity index (χ2v) is 7.54. The van der Waals surface area contributed by atoms with Crippen LogP contribution in [-0.2, 0) is 11.2 Å². The third-order valence-corrected chi connectivity index (χ3v) is 5.77. The molecule has 0 saturated heterocycles. The van der Waals surface area contributed by atoms with Crippen LogP contribution in [0.15, 0.2) is 5.38 Å². The van der Waals surface area contributed by atoms with Gasteiger partial charge in [0.05, 0.1) is 27.7 Å². The van der Waals surface area contributed by atoms with Gasteiger partial charge in [-0.05, 0) is 26.7 Å². The molecule has 1 aliphatic rings. The molecule has 1 saturated carbocycles. The van der Waals surface area contributed by atoms with Crippen LogP contribution >= 0.6 is 22.7 Å². The van der Waals surface area contributed by atoms with Gasteiger partial charge in [-0.3, -0.25) is 4.79 Å². The molecule has 5 heteroatoms. The number of nitrogens with zero attached hydrogens (tertiary/aromatic N) is 2. The fourth-order valence-electron chi connectivity index (χ4n) is 2.81. The number of rotatable bonds is 4. The Morgan fingerprint density at radius 3 is 2.70 bits per heavy atom. The molecule has 20 heavy (non-hydrogen) atoms. The first-order valence-corrected chi connectivity index (χ1v) is 8.74. The minimum atomic E-state index is 0.287. The number of thiazole rings is 2. The number of aryl methyl sites for hydroxylation is 2. The first kappa shape index (κ1) is 13.9. The zero-order chi connectivity index (χ0) is 14.1. The first-order chi connectivity index (χ1) is 9.63. The Bertz CT molecular complexity index is 624. The zero-order valence-electron chi connectivity index (χ0n) is 11.8. The maximum atomic E-state index is 12.2. The van der Waals surface area contributed by atoms with Gasteiger partial charge in [-0.2, -0.15) is 0 Å². The molecular weight excluding hydrogens is 288 g/mol. The molecule has 2 heterocycles. The van der Waals surface area contributed by atoms with Crippen molar-refractivity contribution in [3.8, 4) is 10.6 Å². The fraction of sp³-hybridized carbons (Fsp3) is 0.533. The van der Waals surface area contributed by atoms with Gasteiger partial charge in [0.2, 0.25) is 0 Å². The molecule has 0 spiro atoms. The van der Waals surface area contributed by atoms with Crippen molar-refractivity contribution >= 4 is 28.5 Å². The van der Waals surface area contributed by atoms with E-state index in [4.69, 9.17) is 0 Å². The van der Waals surface area contributed by atoms with Gasteiger partial charge in [-0.1, -0.05) is 12.8 Å². The Balaban J connectivity index is 1.73. The molecule has 0 bridgehead atoms. The van der Waals surface area contributed by atoms with E-state index in [2.05, 4.69) is 15.3 Å². The summed E-state index contributed by atoms with van der Waals surface area (Å²) in [5.41, 5.74) is 2.01. The smallest absolute Gasteiger partial charge is 0.142 e. The second kappa shape index (κ2) is 5.74. The second-order valence-electron chi connectivity index (χ2n) is 5.40. The molecule has 0 atom stereocenters. The number of carbonyl (C=O) groups is 1. The highest BCUT2D eigenvalue weighted by Crippen LogP contribution is 2.32. The van der Waals surface area contributed by atoms with E-state index in [1.54, 1.807) is 22.7 Å². The van der Waals surface area contributed by atoms with Crippen LogP contribution in [-0.4, -0.2) is 15.8 Å². The van der Waals surface area contributed by atoms with Crippen LogP contribution < -0.4 is 0 Å². The van der Waals surface area contributed by atoms with Gasteiger partial charge >= 0.3 is 0 Å². The summed E-state index contributed by atoms with van der Waals surface area (Å²) in [4.78, 5) is 22.4. The van der Waals surface area contributed by atoms with E-state index in [1.807, 2.05) is 13.8 Å². The van der Waals surface area contributed by atoms with E-state index >= 15 is 0 Å². The van der Waals surface area contributed by atoms with Crippen molar-refractivity contribution in [2.24, 2.45) is 5.92 Å².